The van der Waals surface area contributed by atoms with E-state index in [1.165, 1.54) is 25.7 Å². The Balaban J connectivity index is 1.96. The fourth-order valence-electron chi connectivity index (χ4n) is 2.32. The molecule has 0 radical (unpaired) electrons. The first-order valence-corrected chi connectivity index (χ1v) is 4.71. The molecule has 0 spiro atoms. The summed E-state index contributed by atoms with van der Waals surface area (Å²) in [6, 6.07) is 0. The van der Waals surface area contributed by atoms with Gasteiger partial charge in [0.25, 0.3) is 0 Å². The van der Waals surface area contributed by atoms with Gasteiger partial charge in [0.15, 0.2) is 0 Å². The van der Waals surface area contributed by atoms with Crippen LogP contribution in [0.1, 0.15) is 25.7 Å². The first-order valence-electron chi connectivity index (χ1n) is 4.71. The molecule has 0 saturated heterocycles. The molecule has 2 aliphatic rings. The molecule has 2 aliphatic carbocycles. The first-order chi connectivity index (χ1) is 5.43. The molecule has 0 aliphatic heterocycles. The summed E-state index contributed by atoms with van der Waals surface area (Å²) in [7, 11) is 0. The van der Waals surface area contributed by atoms with Gasteiger partial charge in [0.2, 0.25) is 0 Å². The van der Waals surface area contributed by atoms with Crippen molar-refractivity contribution in [2.24, 2.45) is 17.8 Å². The summed E-state index contributed by atoms with van der Waals surface area (Å²) in [5.74, 6) is 2.18. The molecular formula is C10H16O. The van der Waals surface area contributed by atoms with Crippen LogP contribution < -0.4 is 0 Å². The number of allylic oxidation sites excluding steroid dienone is 2. The van der Waals surface area contributed by atoms with Crippen molar-refractivity contribution in [2.45, 2.75) is 25.7 Å². The van der Waals surface area contributed by atoms with Crippen LogP contribution in [-0.4, -0.2) is 11.7 Å². The van der Waals surface area contributed by atoms with E-state index in [1.54, 1.807) is 0 Å². The number of fused-ring (bicyclic) bond motifs is 1. The van der Waals surface area contributed by atoms with Crippen LogP contribution in [0.3, 0.4) is 0 Å². The molecule has 1 saturated carbocycles. The lowest BCUT2D eigenvalue weighted by Crippen LogP contribution is -1.88. The van der Waals surface area contributed by atoms with E-state index in [4.69, 9.17) is 5.11 Å². The van der Waals surface area contributed by atoms with Crippen LogP contribution in [0.2, 0.25) is 0 Å². The maximum Gasteiger partial charge on any atom is 0.0467 e. The maximum atomic E-state index is 8.99. The van der Waals surface area contributed by atoms with E-state index in [-0.39, 0.29) is 0 Å². The minimum absolute atomic E-state index is 0.402. The van der Waals surface area contributed by atoms with Crippen molar-refractivity contribution in [3.63, 3.8) is 0 Å². The molecule has 3 atom stereocenters. The normalized spacial score (nSPS) is 45.4. The molecule has 0 amide bonds. The van der Waals surface area contributed by atoms with Gasteiger partial charge >= 0.3 is 0 Å². The molecule has 0 aromatic carbocycles. The van der Waals surface area contributed by atoms with E-state index in [0.29, 0.717) is 12.5 Å². The molecule has 0 bridgehead atoms. The zero-order valence-electron chi connectivity index (χ0n) is 6.87. The highest BCUT2D eigenvalue weighted by Gasteiger charge is 2.46. The minimum atomic E-state index is 0.402. The highest BCUT2D eigenvalue weighted by atomic mass is 16.3. The molecule has 11 heavy (non-hydrogen) atoms. The van der Waals surface area contributed by atoms with E-state index in [1.807, 2.05) is 0 Å². The molecule has 2 rings (SSSR count). The summed E-state index contributed by atoms with van der Waals surface area (Å²) < 4.78 is 0. The van der Waals surface area contributed by atoms with Gasteiger partial charge in [0, 0.05) is 6.61 Å². The summed E-state index contributed by atoms with van der Waals surface area (Å²) in [5.41, 5.74) is 0. The predicted octanol–water partition coefficient (Wildman–Crippen LogP) is 1.97. The molecule has 1 heteroatoms. The van der Waals surface area contributed by atoms with Gasteiger partial charge in [-0.2, -0.15) is 0 Å². The third kappa shape index (κ3) is 1.34. The number of hydrogen-bond acceptors (Lipinski definition) is 1. The zero-order valence-corrected chi connectivity index (χ0v) is 6.87. The fraction of sp³-hybridized carbons (Fsp3) is 0.800. The standard InChI is InChI=1S/C10H16O/c11-7-10-8-5-3-1-2-4-6-9(8)10/h3,5,8-11H,1-2,4,6-7H2/b5-3-/t8-,9+,10+/m1/s1. The van der Waals surface area contributed by atoms with Crippen molar-refractivity contribution in [1.29, 1.82) is 0 Å². The smallest absolute Gasteiger partial charge is 0.0467 e. The lowest BCUT2D eigenvalue weighted by Gasteiger charge is -1.99. The lowest BCUT2D eigenvalue weighted by atomic mass is 10.1. The van der Waals surface area contributed by atoms with E-state index in [2.05, 4.69) is 12.2 Å². The average Bonchev–Trinajstić information content (AvgIpc) is 2.60. The molecule has 0 unspecified atom stereocenters. The molecule has 1 fully saturated rings. The second-order valence-corrected chi connectivity index (χ2v) is 3.80. The van der Waals surface area contributed by atoms with Crippen LogP contribution >= 0.6 is 0 Å². The molecule has 0 heterocycles. The maximum absolute atomic E-state index is 8.99. The van der Waals surface area contributed by atoms with Gasteiger partial charge < -0.3 is 5.11 Å². The van der Waals surface area contributed by atoms with Crippen molar-refractivity contribution >= 4 is 0 Å². The Hall–Kier alpha value is -0.300. The van der Waals surface area contributed by atoms with Gasteiger partial charge in [-0.3, -0.25) is 0 Å². The third-order valence-electron chi connectivity index (χ3n) is 3.13. The average molecular weight is 152 g/mol. The minimum Gasteiger partial charge on any atom is -0.396 e. The van der Waals surface area contributed by atoms with E-state index in [9.17, 15) is 0 Å². The topological polar surface area (TPSA) is 20.2 Å². The van der Waals surface area contributed by atoms with Gasteiger partial charge in [-0.15, -0.1) is 0 Å². The summed E-state index contributed by atoms with van der Waals surface area (Å²) in [6.07, 6.45) is 9.93. The van der Waals surface area contributed by atoms with Crippen molar-refractivity contribution in [3.8, 4) is 0 Å². The summed E-state index contributed by atoms with van der Waals surface area (Å²) in [5, 5.41) is 8.99. The Morgan fingerprint density at radius 2 is 2.27 bits per heavy atom. The van der Waals surface area contributed by atoms with E-state index in [0.717, 1.165) is 11.8 Å². The van der Waals surface area contributed by atoms with Gasteiger partial charge in [0.1, 0.15) is 0 Å². The summed E-state index contributed by atoms with van der Waals surface area (Å²) in [6.45, 7) is 0.402. The van der Waals surface area contributed by atoms with E-state index >= 15 is 0 Å². The monoisotopic (exact) mass is 152 g/mol. The highest BCUT2D eigenvalue weighted by Crippen LogP contribution is 2.50. The van der Waals surface area contributed by atoms with Gasteiger partial charge in [-0.05, 0) is 37.0 Å². The number of aliphatic hydroxyl groups excluding tert-OH is 1. The van der Waals surface area contributed by atoms with Crippen LogP contribution in [0.5, 0.6) is 0 Å². The fourth-order valence-corrected chi connectivity index (χ4v) is 2.32. The van der Waals surface area contributed by atoms with Gasteiger partial charge in [-0.1, -0.05) is 18.6 Å². The zero-order chi connectivity index (χ0) is 7.68. The van der Waals surface area contributed by atoms with Crippen LogP contribution in [0.25, 0.3) is 0 Å². The largest absolute Gasteiger partial charge is 0.396 e. The van der Waals surface area contributed by atoms with Crippen molar-refractivity contribution in [2.75, 3.05) is 6.61 Å². The Morgan fingerprint density at radius 1 is 1.36 bits per heavy atom. The highest BCUT2D eigenvalue weighted by molar-refractivity contribution is 5.09. The van der Waals surface area contributed by atoms with Crippen LogP contribution in [0.15, 0.2) is 12.2 Å². The van der Waals surface area contributed by atoms with Crippen molar-refractivity contribution in [1.82, 2.24) is 0 Å². The molecule has 1 N–H and O–H groups in total. The molecule has 0 aromatic rings. The molecule has 0 aromatic heterocycles. The number of aliphatic hydroxyl groups is 1. The van der Waals surface area contributed by atoms with Crippen LogP contribution in [-0.2, 0) is 0 Å². The quantitative estimate of drug-likeness (QED) is 0.569. The molecule has 62 valence electrons. The Labute approximate surface area is 68.1 Å². The van der Waals surface area contributed by atoms with Crippen molar-refractivity contribution in [3.05, 3.63) is 12.2 Å². The second-order valence-electron chi connectivity index (χ2n) is 3.80. The first kappa shape index (κ1) is 7.35. The lowest BCUT2D eigenvalue weighted by molar-refractivity contribution is 0.264. The van der Waals surface area contributed by atoms with Crippen LogP contribution in [0, 0.1) is 17.8 Å². The summed E-state index contributed by atoms with van der Waals surface area (Å²) >= 11 is 0. The Kier molecular flexibility index (Phi) is 1.99. The van der Waals surface area contributed by atoms with Crippen LogP contribution in [0.4, 0.5) is 0 Å². The SMILES string of the molecule is OC[C@H]1[C@@H]2/C=C\CCCC[C@@H]21. The van der Waals surface area contributed by atoms with Crippen molar-refractivity contribution < 1.29 is 5.11 Å². The third-order valence-corrected chi connectivity index (χ3v) is 3.13. The predicted molar refractivity (Wildman–Crippen MR) is 45.2 cm³/mol. The number of hydrogen-bond donors (Lipinski definition) is 1. The summed E-state index contributed by atoms with van der Waals surface area (Å²) in [4.78, 5) is 0. The molecule has 1 nitrogen and oxygen atoms in total. The molecular weight excluding hydrogens is 136 g/mol. The number of rotatable bonds is 1. The van der Waals surface area contributed by atoms with Gasteiger partial charge in [-0.25, -0.2) is 0 Å². The Morgan fingerprint density at radius 3 is 3.09 bits per heavy atom. The van der Waals surface area contributed by atoms with E-state index < -0.39 is 0 Å². The van der Waals surface area contributed by atoms with Gasteiger partial charge in [0.05, 0.1) is 0 Å². The Bertz CT molecular complexity index is 162. The second kappa shape index (κ2) is 2.98.